The average molecular weight is 314 g/mol. The molecule has 3 heterocycles. The molecule has 0 unspecified atom stereocenters. The third kappa shape index (κ3) is 2.80. The molecule has 3 rings (SSSR count). The van der Waals surface area contributed by atoms with Gasteiger partial charge in [0.1, 0.15) is 0 Å². The number of aryl methyl sites for hydroxylation is 1. The van der Waals surface area contributed by atoms with Crippen LogP contribution in [-0.4, -0.2) is 30.2 Å². The molecule has 0 saturated carbocycles. The molecule has 0 bridgehead atoms. The minimum absolute atomic E-state index is 0.326. The average Bonchev–Trinajstić information content (AvgIpc) is 3.00. The van der Waals surface area contributed by atoms with Gasteiger partial charge < -0.3 is 9.88 Å². The summed E-state index contributed by atoms with van der Waals surface area (Å²) in [6.07, 6.45) is 5.14. The Labute approximate surface area is 132 Å². The third-order valence-electron chi connectivity index (χ3n) is 3.80. The summed E-state index contributed by atoms with van der Waals surface area (Å²) in [6.45, 7) is 1.97. The van der Waals surface area contributed by atoms with E-state index >= 15 is 0 Å². The summed E-state index contributed by atoms with van der Waals surface area (Å²) in [5.74, 6) is 0. The minimum atomic E-state index is -0.373. The summed E-state index contributed by atoms with van der Waals surface area (Å²) in [5, 5.41) is 3.30. The molecule has 0 amide bonds. The van der Waals surface area contributed by atoms with Gasteiger partial charge in [-0.2, -0.15) is 0 Å². The highest BCUT2D eigenvalue weighted by atomic mass is 16.2. The molecule has 23 heavy (non-hydrogen) atoms. The summed E-state index contributed by atoms with van der Waals surface area (Å²) < 4.78 is 4.26. The number of hydrogen-bond donors (Lipinski definition) is 1. The first kappa shape index (κ1) is 15.2. The lowest BCUT2D eigenvalue weighted by molar-refractivity contribution is 0.602. The molecule has 0 aromatic carbocycles. The predicted octanol–water partition coefficient (Wildman–Crippen LogP) is -0.381. The molecule has 1 N–H and O–H groups in total. The number of imidazole rings is 1. The van der Waals surface area contributed by atoms with Gasteiger partial charge in [-0.3, -0.25) is 18.9 Å². The molecule has 0 aliphatic rings. The highest BCUT2D eigenvalue weighted by molar-refractivity contribution is 5.69. The lowest BCUT2D eigenvalue weighted by atomic mass is 10.3. The van der Waals surface area contributed by atoms with Crippen LogP contribution in [0.2, 0.25) is 0 Å². The molecule has 120 valence electrons. The van der Waals surface area contributed by atoms with E-state index < -0.39 is 0 Å². The predicted molar refractivity (Wildman–Crippen MR) is 86.2 cm³/mol. The number of pyridine rings is 1. The first-order chi connectivity index (χ1) is 11.1. The van der Waals surface area contributed by atoms with Crippen molar-refractivity contribution >= 4 is 11.2 Å². The smallest absolute Gasteiger partial charge is 0.323 e. The first-order valence-electron chi connectivity index (χ1n) is 7.30. The van der Waals surface area contributed by atoms with Gasteiger partial charge >= 0.3 is 5.69 Å². The Morgan fingerprint density at radius 3 is 2.78 bits per heavy atom. The van der Waals surface area contributed by atoms with E-state index in [1.807, 2.05) is 18.3 Å². The van der Waals surface area contributed by atoms with Crippen molar-refractivity contribution in [3.63, 3.8) is 0 Å². The van der Waals surface area contributed by atoms with Gasteiger partial charge in [0.25, 0.3) is 5.56 Å². The summed E-state index contributed by atoms with van der Waals surface area (Å²) in [4.78, 5) is 32.4. The fourth-order valence-electron chi connectivity index (χ4n) is 2.50. The molecule has 0 radical (unpaired) electrons. The van der Waals surface area contributed by atoms with Crippen molar-refractivity contribution in [2.24, 2.45) is 14.1 Å². The SMILES string of the molecule is Cn1c(=O)c2c(ncn2CCNCc2cccnc2)n(C)c1=O. The highest BCUT2D eigenvalue weighted by Gasteiger charge is 2.13. The summed E-state index contributed by atoms with van der Waals surface area (Å²) in [6, 6.07) is 3.89. The molecule has 0 spiro atoms. The van der Waals surface area contributed by atoms with Gasteiger partial charge in [-0.25, -0.2) is 9.78 Å². The molecule has 3 aromatic heterocycles. The quantitative estimate of drug-likeness (QED) is 0.649. The Hall–Kier alpha value is -2.74. The normalized spacial score (nSPS) is 11.2. The van der Waals surface area contributed by atoms with Crippen LogP contribution in [0.1, 0.15) is 5.56 Å². The Morgan fingerprint density at radius 1 is 1.22 bits per heavy atom. The lowest BCUT2D eigenvalue weighted by Crippen LogP contribution is -2.37. The van der Waals surface area contributed by atoms with E-state index in [-0.39, 0.29) is 11.2 Å². The van der Waals surface area contributed by atoms with Crippen molar-refractivity contribution in [2.45, 2.75) is 13.1 Å². The Morgan fingerprint density at radius 2 is 2.04 bits per heavy atom. The van der Waals surface area contributed by atoms with Crippen LogP contribution >= 0.6 is 0 Å². The number of rotatable bonds is 5. The monoisotopic (exact) mass is 314 g/mol. The molecule has 0 saturated heterocycles. The van der Waals surface area contributed by atoms with Crippen LogP contribution in [0.5, 0.6) is 0 Å². The minimum Gasteiger partial charge on any atom is -0.323 e. The van der Waals surface area contributed by atoms with Crippen LogP contribution < -0.4 is 16.6 Å². The summed E-state index contributed by atoms with van der Waals surface area (Å²) in [7, 11) is 3.09. The van der Waals surface area contributed by atoms with E-state index in [9.17, 15) is 9.59 Å². The number of hydrogen-bond acceptors (Lipinski definition) is 5. The third-order valence-corrected chi connectivity index (χ3v) is 3.80. The fourth-order valence-corrected chi connectivity index (χ4v) is 2.50. The van der Waals surface area contributed by atoms with Gasteiger partial charge in [-0.1, -0.05) is 6.07 Å². The molecule has 0 fully saturated rings. The largest absolute Gasteiger partial charge is 0.332 e. The maximum absolute atomic E-state index is 12.3. The van der Waals surface area contributed by atoms with Gasteiger partial charge in [-0.15, -0.1) is 0 Å². The lowest BCUT2D eigenvalue weighted by Gasteiger charge is -2.08. The Bertz CT molecular complexity index is 938. The number of nitrogens with zero attached hydrogens (tertiary/aromatic N) is 5. The number of nitrogens with one attached hydrogen (secondary N) is 1. The van der Waals surface area contributed by atoms with Crippen LogP contribution in [-0.2, 0) is 27.2 Å². The summed E-state index contributed by atoms with van der Waals surface area (Å²) in [5.41, 5.74) is 1.25. The van der Waals surface area contributed by atoms with Gasteiger partial charge in [0.15, 0.2) is 11.2 Å². The van der Waals surface area contributed by atoms with E-state index in [0.29, 0.717) is 30.8 Å². The molecule has 0 aliphatic carbocycles. The zero-order valence-electron chi connectivity index (χ0n) is 13.1. The second-order valence-corrected chi connectivity index (χ2v) is 5.35. The molecular formula is C15H18N6O2. The van der Waals surface area contributed by atoms with Crippen LogP contribution in [0, 0.1) is 0 Å². The topological polar surface area (TPSA) is 86.7 Å². The maximum Gasteiger partial charge on any atom is 0.332 e. The maximum atomic E-state index is 12.3. The zero-order chi connectivity index (χ0) is 16.4. The van der Waals surface area contributed by atoms with Crippen LogP contribution in [0.25, 0.3) is 11.2 Å². The van der Waals surface area contributed by atoms with E-state index in [0.717, 1.165) is 10.1 Å². The molecule has 8 nitrogen and oxygen atoms in total. The second-order valence-electron chi connectivity index (χ2n) is 5.35. The van der Waals surface area contributed by atoms with E-state index in [1.165, 1.54) is 11.6 Å². The van der Waals surface area contributed by atoms with Crippen molar-refractivity contribution in [2.75, 3.05) is 6.54 Å². The van der Waals surface area contributed by atoms with Crippen LogP contribution in [0.3, 0.4) is 0 Å². The van der Waals surface area contributed by atoms with Crippen molar-refractivity contribution in [3.05, 3.63) is 57.3 Å². The first-order valence-corrected chi connectivity index (χ1v) is 7.30. The van der Waals surface area contributed by atoms with E-state index in [4.69, 9.17) is 0 Å². The molecular weight excluding hydrogens is 296 g/mol. The molecule has 0 atom stereocenters. The van der Waals surface area contributed by atoms with Gasteiger partial charge in [0.05, 0.1) is 6.33 Å². The molecule has 8 heteroatoms. The van der Waals surface area contributed by atoms with Crippen molar-refractivity contribution in [1.29, 1.82) is 0 Å². The Kier molecular flexibility index (Phi) is 4.07. The van der Waals surface area contributed by atoms with Gasteiger partial charge in [0, 0.05) is 46.1 Å². The summed E-state index contributed by atoms with van der Waals surface area (Å²) >= 11 is 0. The number of aromatic nitrogens is 5. The Balaban J connectivity index is 1.77. The zero-order valence-corrected chi connectivity index (χ0v) is 13.1. The number of fused-ring (bicyclic) bond motifs is 1. The standard InChI is InChI=1S/C15H18N6O2/c1-19-13-12(14(22)20(2)15(19)23)21(10-18-13)7-6-17-9-11-4-3-5-16-8-11/h3-5,8,10,17H,6-7,9H2,1-2H3. The van der Waals surface area contributed by atoms with Crippen LogP contribution in [0.15, 0.2) is 40.4 Å². The van der Waals surface area contributed by atoms with E-state index in [2.05, 4.69) is 15.3 Å². The van der Waals surface area contributed by atoms with Crippen LogP contribution in [0.4, 0.5) is 0 Å². The fraction of sp³-hybridized carbons (Fsp3) is 0.333. The van der Waals surface area contributed by atoms with Crippen molar-refractivity contribution in [3.8, 4) is 0 Å². The molecule has 3 aromatic rings. The van der Waals surface area contributed by atoms with Gasteiger partial charge in [0.2, 0.25) is 0 Å². The second kappa shape index (κ2) is 6.17. The van der Waals surface area contributed by atoms with Crippen molar-refractivity contribution < 1.29 is 0 Å². The van der Waals surface area contributed by atoms with E-state index in [1.54, 1.807) is 24.1 Å². The highest BCUT2D eigenvalue weighted by Crippen LogP contribution is 2.04. The van der Waals surface area contributed by atoms with Gasteiger partial charge in [-0.05, 0) is 11.6 Å². The van der Waals surface area contributed by atoms with Crippen molar-refractivity contribution in [1.82, 2.24) is 29.0 Å². The molecule has 0 aliphatic heterocycles.